The molecule has 2 aromatic carbocycles. The van der Waals surface area contributed by atoms with Crippen LogP contribution in [-0.4, -0.2) is 51.8 Å². The number of rotatable bonds is 4. The summed E-state index contributed by atoms with van der Waals surface area (Å²) in [6, 6.07) is 18.3. The summed E-state index contributed by atoms with van der Waals surface area (Å²) in [6.07, 6.45) is 0.706. The molecule has 6 nitrogen and oxygen atoms in total. The molecule has 178 valence electrons. The highest BCUT2D eigenvalue weighted by molar-refractivity contribution is 6.00. The molecule has 1 aliphatic rings. The van der Waals surface area contributed by atoms with Gasteiger partial charge >= 0.3 is 6.18 Å². The first-order chi connectivity index (χ1) is 16.9. The van der Waals surface area contributed by atoms with Crippen LogP contribution in [0, 0.1) is 0 Å². The van der Waals surface area contributed by atoms with Crippen LogP contribution in [0.25, 0.3) is 16.9 Å². The van der Waals surface area contributed by atoms with Gasteiger partial charge in [0, 0.05) is 56.0 Å². The molecule has 35 heavy (non-hydrogen) atoms. The van der Waals surface area contributed by atoms with Crippen molar-refractivity contribution in [2.45, 2.75) is 6.18 Å². The molecule has 0 radical (unpaired) electrons. The highest BCUT2D eigenvalue weighted by Crippen LogP contribution is 2.31. The molecule has 9 heteroatoms. The summed E-state index contributed by atoms with van der Waals surface area (Å²) in [4.78, 5) is 21.4. The molecule has 0 atom stereocenters. The van der Waals surface area contributed by atoms with E-state index in [0.29, 0.717) is 43.1 Å². The smallest absolute Gasteiger partial charge is 0.368 e. The molecule has 0 aliphatic carbocycles. The SMILES string of the molecule is O=C(c1cn(-c2ccccc2)nc1-c1ccncc1)N1CCN(c2ccc(C(F)(F)F)cc2)CC1. The number of pyridine rings is 1. The molecule has 1 aliphatic heterocycles. The van der Waals surface area contributed by atoms with Gasteiger partial charge in [0.15, 0.2) is 0 Å². The number of halogens is 3. The average Bonchev–Trinajstić information content (AvgIpc) is 3.35. The third-order valence-corrected chi connectivity index (χ3v) is 6.05. The van der Waals surface area contributed by atoms with Gasteiger partial charge in [0.25, 0.3) is 5.91 Å². The van der Waals surface area contributed by atoms with Crippen LogP contribution in [0.4, 0.5) is 18.9 Å². The maximum Gasteiger partial charge on any atom is 0.416 e. The van der Waals surface area contributed by atoms with Crippen molar-refractivity contribution in [1.82, 2.24) is 19.7 Å². The fourth-order valence-corrected chi connectivity index (χ4v) is 4.17. The van der Waals surface area contributed by atoms with Gasteiger partial charge < -0.3 is 9.80 Å². The molecule has 0 N–H and O–H groups in total. The van der Waals surface area contributed by atoms with Gasteiger partial charge in [-0.1, -0.05) is 18.2 Å². The van der Waals surface area contributed by atoms with Crippen molar-refractivity contribution in [2.75, 3.05) is 31.1 Å². The number of para-hydroxylation sites is 1. The van der Waals surface area contributed by atoms with E-state index in [4.69, 9.17) is 5.10 Å². The van der Waals surface area contributed by atoms with Crippen LogP contribution < -0.4 is 4.90 Å². The van der Waals surface area contributed by atoms with Gasteiger partial charge in [0.05, 0.1) is 16.8 Å². The molecule has 1 saturated heterocycles. The Balaban J connectivity index is 1.36. The lowest BCUT2D eigenvalue weighted by Crippen LogP contribution is -2.48. The number of piperazine rings is 1. The van der Waals surface area contributed by atoms with Crippen LogP contribution in [0.2, 0.25) is 0 Å². The van der Waals surface area contributed by atoms with Gasteiger partial charge in [-0.2, -0.15) is 18.3 Å². The predicted octanol–water partition coefficient (Wildman–Crippen LogP) is 4.92. The Hall–Kier alpha value is -4.14. The summed E-state index contributed by atoms with van der Waals surface area (Å²) in [5.74, 6) is -0.133. The molecule has 3 heterocycles. The van der Waals surface area contributed by atoms with E-state index >= 15 is 0 Å². The van der Waals surface area contributed by atoms with E-state index in [2.05, 4.69) is 4.98 Å². The Morgan fingerprint density at radius 1 is 0.800 bits per heavy atom. The van der Waals surface area contributed by atoms with E-state index in [1.54, 1.807) is 28.2 Å². The Bertz CT molecular complexity index is 1300. The molecule has 4 aromatic rings. The Morgan fingerprint density at radius 2 is 1.46 bits per heavy atom. The average molecular weight is 477 g/mol. The second-order valence-corrected chi connectivity index (χ2v) is 8.23. The van der Waals surface area contributed by atoms with E-state index < -0.39 is 11.7 Å². The zero-order valence-corrected chi connectivity index (χ0v) is 18.7. The third-order valence-electron chi connectivity index (χ3n) is 6.05. The first-order valence-electron chi connectivity index (χ1n) is 11.2. The van der Waals surface area contributed by atoms with Crippen molar-refractivity contribution in [2.24, 2.45) is 0 Å². The van der Waals surface area contributed by atoms with Crippen LogP contribution in [-0.2, 0) is 6.18 Å². The van der Waals surface area contributed by atoms with Crippen molar-refractivity contribution >= 4 is 11.6 Å². The van der Waals surface area contributed by atoms with Gasteiger partial charge in [-0.15, -0.1) is 0 Å². The molecule has 1 amide bonds. The quantitative estimate of drug-likeness (QED) is 0.419. The minimum Gasteiger partial charge on any atom is -0.368 e. The number of nitrogens with zero attached hydrogens (tertiary/aromatic N) is 5. The van der Waals surface area contributed by atoms with Crippen molar-refractivity contribution < 1.29 is 18.0 Å². The number of carbonyl (C=O) groups excluding carboxylic acids is 1. The predicted molar refractivity (Wildman–Crippen MR) is 126 cm³/mol. The van der Waals surface area contributed by atoms with Crippen molar-refractivity contribution in [1.29, 1.82) is 0 Å². The zero-order chi connectivity index (χ0) is 24.4. The molecule has 0 spiro atoms. The van der Waals surface area contributed by atoms with Gasteiger partial charge in [-0.05, 0) is 48.5 Å². The number of amides is 1. The number of aromatic nitrogens is 3. The summed E-state index contributed by atoms with van der Waals surface area (Å²) in [5.41, 5.74) is 2.73. The molecule has 0 saturated carbocycles. The Labute approximate surface area is 200 Å². The summed E-state index contributed by atoms with van der Waals surface area (Å²) in [7, 11) is 0. The van der Waals surface area contributed by atoms with E-state index in [0.717, 1.165) is 23.4 Å². The molecular formula is C26H22F3N5O. The molecule has 1 fully saturated rings. The number of hydrogen-bond donors (Lipinski definition) is 0. The van der Waals surface area contributed by atoms with E-state index in [1.807, 2.05) is 47.4 Å². The van der Waals surface area contributed by atoms with Crippen LogP contribution in [0.1, 0.15) is 15.9 Å². The molecule has 0 bridgehead atoms. The lowest BCUT2D eigenvalue weighted by Gasteiger charge is -2.36. The van der Waals surface area contributed by atoms with Crippen molar-refractivity contribution in [3.05, 3.63) is 96.4 Å². The van der Waals surface area contributed by atoms with Gasteiger partial charge in [0.2, 0.25) is 0 Å². The number of carbonyl (C=O) groups is 1. The number of hydrogen-bond acceptors (Lipinski definition) is 4. The summed E-state index contributed by atoms with van der Waals surface area (Å²) in [6.45, 7) is 1.95. The van der Waals surface area contributed by atoms with Gasteiger partial charge in [-0.25, -0.2) is 4.68 Å². The zero-order valence-electron chi connectivity index (χ0n) is 18.7. The number of alkyl halides is 3. The highest BCUT2D eigenvalue weighted by atomic mass is 19.4. The van der Waals surface area contributed by atoms with Crippen LogP contribution in [0.3, 0.4) is 0 Å². The van der Waals surface area contributed by atoms with E-state index in [-0.39, 0.29) is 5.91 Å². The fraction of sp³-hybridized carbons (Fsp3) is 0.192. The first-order valence-corrected chi connectivity index (χ1v) is 11.2. The second kappa shape index (κ2) is 9.25. The van der Waals surface area contributed by atoms with Crippen LogP contribution in [0.5, 0.6) is 0 Å². The van der Waals surface area contributed by atoms with E-state index in [1.165, 1.54) is 12.1 Å². The topological polar surface area (TPSA) is 54.3 Å². The minimum absolute atomic E-state index is 0.133. The van der Waals surface area contributed by atoms with Crippen molar-refractivity contribution in [3.63, 3.8) is 0 Å². The summed E-state index contributed by atoms with van der Waals surface area (Å²) < 4.78 is 40.3. The normalized spacial score (nSPS) is 14.3. The lowest BCUT2D eigenvalue weighted by molar-refractivity contribution is -0.137. The third kappa shape index (κ3) is 4.75. The van der Waals surface area contributed by atoms with Crippen LogP contribution >= 0.6 is 0 Å². The number of benzene rings is 2. The Morgan fingerprint density at radius 3 is 2.09 bits per heavy atom. The maximum absolute atomic E-state index is 13.6. The fourth-order valence-electron chi connectivity index (χ4n) is 4.17. The molecule has 5 rings (SSSR count). The standard InChI is InChI=1S/C26H22F3N5O/c27-26(28,29)20-6-8-21(9-7-20)32-14-16-33(17-15-32)25(35)23-18-34(22-4-2-1-3-5-22)31-24(23)19-10-12-30-13-11-19/h1-13,18H,14-17H2. The molecule has 0 unspecified atom stereocenters. The van der Waals surface area contributed by atoms with Gasteiger partial charge in [0.1, 0.15) is 5.69 Å². The van der Waals surface area contributed by atoms with E-state index in [9.17, 15) is 18.0 Å². The van der Waals surface area contributed by atoms with Crippen LogP contribution in [0.15, 0.2) is 85.3 Å². The molecular weight excluding hydrogens is 455 g/mol. The van der Waals surface area contributed by atoms with Crippen molar-refractivity contribution in [3.8, 4) is 16.9 Å². The maximum atomic E-state index is 13.6. The monoisotopic (exact) mass is 477 g/mol. The second-order valence-electron chi connectivity index (χ2n) is 8.23. The minimum atomic E-state index is -4.36. The molecule has 2 aromatic heterocycles. The number of anilines is 1. The lowest BCUT2D eigenvalue weighted by atomic mass is 10.1. The Kier molecular flexibility index (Phi) is 5.98. The first kappa shape index (κ1) is 22.6. The van der Waals surface area contributed by atoms with Gasteiger partial charge in [-0.3, -0.25) is 9.78 Å². The largest absolute Gasteiger partial charge is 0.416 e. The summed E-state index contributed by atoms with van der Waals surface area (Å²) in [5, 5.41) is 4.70. The highest BCUT2D eigenvalue weighted by Gasteiger charge is 2.31. The summed E-state index contributed by atoms with van der Waals surface area (Å²) >= 11 is 0.